The predicted molar refractivity (Wildman–Crippen MR) is 103 cm³/mol. The van der Waals surface area contributed by atoms with Crippen molar-refractivity contribution in [3.05, 3.63) is 35.9 Å². The van der Waals surface area contributed by atoms with Crippen LogP contribution >= 0.6 is 0 Å². The summed E-state index contributed by atoms with van der Waals surface area (Å²) < 4.78 is 10.8. The number of fused-ring (bicyclic) bond motifs is 2. The molecule has 0 saturated carbocycles. The molecular formula is C22H29NO5. The van der Waals surface area contributed by atoms with E-state index in [2.05, 4.69) is 4.90 Å². The number of esters is 2. The third-order valence-electron chi connectivity index (χ3n) is 5.41. The van der Waals surface area contributed by atoms with Gasteiger partial charge in [-0.15, -0.1) is 0 Å². The molecule has 1 aromatic carbocycles. The van der Waals surface area contributed by atoms with Crippen LogP contribution in [0.5, 0.6) is 0 Å². The molecule has 2 unspecified atom stereocenters. The van der Waals surface area contributed by atoms with Crippen molar-refractivity contribution >= 4 is 17.7 Å². The summed E-state index contributed by atoms with van der Waals surface area (Å²) in [5.41, 5.74) is 1.08. The summed E-state index contributed by atoms with van der Waals surface area (Å²) in [4.78, 5) is 40.9. The Balaban J connectivity index is 1.93. The molecule has 2 aliphatic heterocycles. The van der Waals surface area contributed by atoms with E-state index in [1.54, 1.807) is 27.7 Å². The minimum absolute atomic E-state index is 0.243. The van der Waals surface area contributed by atoms with Crippen LogP contribution in [0.25, 0.3) is 0 Å². The number of piperidine rings is 1. The number of carbonyl (C=O) groups is 3. The summed E-state index contributed by atoms with van der Waals surface area (Å²) >= 11 is 0. The maximum absolute atomic E-state index is 13.2. The Morgan fingerprint density at radius 2 is 1.39 bits per heavy atom. The Bertz CT molecular complexity index is 690. The van der Waals surface area contributed by atoms with Gasteiger partial charge in [0.25, 0.3) is 0 Å². The second-order valence-electron chi connectivity index (χ2n) is 8.20. The molecule has 1 aromatic rings. The van der Waals surface area contributed by atoms with Crippen molar-refractivity contribution in [1.82, 2.24) is 4.90 Å². The van der Waals surface area contributed by atoms with Gasteiger partial charge in [0.05, 0.1) is 12.2 Å². The number of ketones is 1. The molecule has 0 N–H and O–H groups in total. The molecule has 28 heavy (non-hydrogen) atoms. The average molecular weight is 387 g/mol. The van der Waals surface area contributed by atoms with Crippen LogP contribution in [0, 0.1) is 11.8 Å². The summed E-state index contributed by atoms with van der Waals surface area (Å²) in [7, 11) is 0. The van der Waals surface area contributed by atoms with Crippen molar-refractivity contribution in [3.8, 4) is 0 Å². The highest BCUT2D eigenvalue weighted by molar-refractivity contribution is 6.10. The standard InChI is InChI=1S/C22H29NO5/c1-13(2)27-21(25)18-16-10-11-17(19(20(18)24)22(26)28-14(3)4)23(16)12-15-8-6-5-7-9-15/h5-9,13-14,16-19H,10-12H2,1-4H3/t16-,17+,18?,19?. The van der Waals surface area contributed by atoms with Gasteiger partial charge in [-0.3, -0.25) is 19.3 Å². The smallest absolute Gasteiger partial charge is 0.318 e. The molecule has 2 bridgehead atoms. The van der Waals surface area contributed by atoms with Gasteiger partial charge in [-0.2, -0.15) is 0 Å². The number of carbonyl (C=O) groups excluding carboxylic acids is 3. The number of hydrogen-bond donors (Lipinski definition) is 0. The lowest BCUT2D eigenvalue weighted by Crippen LogP contribution is -2.59. The third kappa shape index (κ3) is 4.12. The largest absolute Gasteiger partial charge is 0.462 e. The van der Waals surface area contributed by atoms with Crippen LogP contribution in [0.4, 0.5) is 0 Å². The lowest BCUT2D eigenvalue weighted by molar-refractivity contribution is -0.169. The van der Waals surface area contributed by atoms with Crippen LogP contribution in [-0.2, 0) is 30.4 Å². The first-order valence-corrected chi connectivity index (χ1v) is 10.0. The molecule has 0 radical (unpaired) electrons. The molecule has 6 heteroatoms. The lowest BCUT2D eigenvalue weighted by atomic mass is 9.81. The van der Waals surface area contributed by atoms with Crippen molar-refractivity contribution in [2.24, 2.45) is 11.8 Å². The highest BCUT2D eigenvalue weighted by atomic mass is 16.5. The number of benzene rings is 1. The number of nitrogens with zero attached hydrogens (tertiary/aromatic N) is 1. The minimum atomic E-state index is -0.949. The van der Waals surface area contributed by atoms with Gasteiger partial charge in [0, 0.05) is 18.6 Å². The normalized spacial score (nSPS) is 27.3. The van der Waals surface area contributed by atoms with Crippen molar-refractivity contribution in [2.75, 3.05) is 0 Å². The molecule has 152 valence electrons. The van der Waals surface area contributed by atoms with Crippen LogP contribution < -0.4 is 0 Å². The molecule has 2 fully saturated rings. The molecule has 0 aromatic heterocycles. The van der Waals surface area contributed by atoms with E-state index in [4.69, 9.17) is 9.47 Å². The number of hydrogen-bond acceptors (Lipinski definition) is 6. The zero-order chi connectivity index (χ0) is 20.4. The summed E-state index contributed by atoms with van der Waals surface area (Å²) in [6.07, 6.45) is 0.741. The second kappa shape index (κ2) is 8.43. The Labute approximate surface area is 166 Å². The summed E-state index contributed by atoms with van der Waals surface area (Å²) in [5, 5.41) is 0. The van der Waals surface area contributed by atoms with E-state index in [1.165, 1.54) is 0 Å². The van der Waals surface area contributed by atoms with Gasteiger partial charge in [-0.1, -0.05) is 30.3 Å². The van der Waals surface area contributed by atoms with Gasteiger partial charge < -0.3 is 9.47 Å². The molecule has 2 heterocycles. The summed E-state index contributed by atoms with van der Waals surface area (Å²) in [6.45, 7) is 7.62. The molecule has 6 nitrogen and oxygen atoms in total. The highest BCUT2D eigenvalue weighted by Crippen LogP contribution is 2.42. The van der Waals surface area contributed by atoms with E-state index < -0.39 is 23.8 Å². The van der Waals surface area contributed by atoms with Crippen LogP contribution in [-0.4, -0.2) is 46.9 Å². The van der Waals surface area contributed by atoms with Crippen LogP contribution in [0.3, 0.4) is 0 Å². The first-order valence-electron chi connectivity index (χ1n) is 10.0. The van der Waals surface area contributed by atoms with Crippen molar-refractivity contribution in [3.63, 3.8) is 0 Å². The molecule has 0 spiro atoms. The Morgan fingerprint density at radius 3 is 1.82 bits per heavy atom. The van der Waals surface area contributed by atoms with E-state index in [-0.39, 0.29) is 30.1 Å². The van der Waals surface area contributed by atoms with Crippen LogP contribution in [0.15, 0.2) is 30.3 Å². The fourth-order valence-electron chi connectivity index (χ4n) is 4.39. The number of Topliss-reactive ketones (excluding diaryl/α,β-unsaturated/α-hetero) is 1. The zero-order valence-electron chi connectivity index (χ0n) is 17.0. The fraction of sp³-hybridized carbons (Fsp3) is 0.591. The molecule has 3 rings (SSSR count). The minimum Gasteiger partial charge on any atom is -0.462 e. The Kier molecular flexibility index (Phi) is 6.18. The van der Waals surface area contributed by atoms with E-state index in [1.807, 2.05) is 30.3 Å². The van der Waals surface area contributed by atoms with E-state index >= 15 is 0 Å². The van der Waals surface area contributed by atoms with Gasteiger partial charge in [0.2, 0.25) is 0 Å². The maximum Gasteiger partial charge on any atom is 0.318 e. The number of ether oxygens (including phenoxy) is 2. The fourth-order valence-corrected chi connectivity index (χ4v) is 4.39. The quantitative estimate of drug-likeness (QED) is 0.552. The van der Waals surface area contributed by atoms with Crippen LogP contribution in [0.1, 0.15) is 46.1 Å². The average Bonchev–Trinajstić information content (AvgIpc) is 2.90. The SMILES string of the molecule is CC(C)OC(=O)C1C(=O)C(C(=O)OC(C)C)[C@@H]2CC[C@H]1N2Cc1ccccc1. The number of rotatable bonds is 6. The van der Waals surface area contributed by atoms with Gasteiger partial charge in [-0.25, -0.2) is 0 Å². The van der Waals surface area contributed by atoms with E-state index in [0.29, 0.717) is 19.4 Å². The van der Waals surface area contributed by atoms with Crippen molar-refractivity contribution in [1.29, 1.82) is 0 Å². The van der Waals surface area contributed by atoms with E-state index in [9.17, 15) is 14.4 Å². The highest BCUT2D eigenvalue weighted by Gasteiger charge is 2.58. The second-order valence-corrected chi connectivity index (χ2v) is 8.20. The van der Waals surface area contributed by atoms with Crippen LogP contribution in [0.2, 0.25) is 0 Å². The lowest BCUT2D eigenvalue weighted by Gasteiger charge is -2.41. The van der Waals surface area contributed by atoms with Gasteiger partial charge in [0.1, 0.15) is 11.8 Å². The van der Waals surface area contributed by atoms with Gasteiger partial charge >= 0.3 is 11.9 Å². The topological polar surface area (TPSA) is 72.9 Å². The first-order chi connectivity index (χ1) is 13.3. The van der Waals surface area contributed by atoms with Gasteiger partial charge in [0.15, 0.2) is 5.78 Å². The molecule has 4 atom stereocenters. The zero-order valence-corrected chi connectivity index (χ0v) is 17.0. The molecular weight excluding hydrogens is 358 g/mol. The molecule has 0 amide bonds. The molecule has 0 aliphatic carbocycles. The Morgan fingerprint density at radius 1 is 0.929 bits per heavy atom. The summed E-state index contributed by atoms with van der Waals surface area (Å²) in [5.74, 6) is -3.33. The maximum atomic E-state index is 13.2. The monoisotopic (exact) mass is 387 g/mol. The first kappa shape index (κ1) is 20.5. The van der Waals surface area contributed by atoms with Crippen molar-refractivity contribution in [2.45, 2.75) is 71.4 Å². The Hall–Kier alpha value is -2.21. The summed E-state index contributed by atoms with van der Waals surface area (Å²) in [6, 6.07) is 9.41. The van der Waals surface area contributed by atoms with Gasteiger partial charge in [-0.05, 0) is 46.1 Å². The van der Waals surface area contributed by atoms with E-state index in [0.717, 1.165) is 5.56 Å². The van der Waals surface area contributed by atoms with Crippen molar-refractivity contribution < 1.29 is 23.9 Å². The molecule has 2 aliphatic rings. The third-order valence-corrected chi connectivity index (χ3v) is 5.41. The predicted octanol–water partition coefficient (Wildman–Crippen LogP) is 2.74. The molecule has 2 saturated heterocycles.